The van der Waals surface area contributed by atoms with Crippen LogP contribution in [0.2, 0.25) is 0 Å². The predicted molar refractivity (Wildman–Crippen MR) is 51.2 cm³/mol. The van der Waals surface area contributed by atoms with E-state index in [0.29, 0.717) is 18.4 Å². The third kappa shape index (κ3) is 3.12. The van der Waals surface area contributed by atoms with Crippen molar-refractivity contribution in [2.45, 2.75) is 44.8 Å². The van der Waals surface area contributed by atoms with E-state index in [-0.39, 0.29) is 6.61 Å². The lowest BCUT2D eigenvalue weighted by molar-refractivity contribution is -0.102. The van der Waals surface area contributed by atoms with Crippen molar-refractivity contribution in [1.29, 1.82) is 0 Å². The monoisotopic (exact) mass is 223 g/mol. The Hall–Kier alpha value is -0.710. The van der Waals surface area contributed by atoms with Crippen LogP contribution in [0.15, 0.2) is 11.3 Å². The summed E-state index contributed by atoms with van der Waals surface area (Å²) in [4.78, 5) is 0. The van der Waals surface area contributed by atoms with Gasteiger partial charge in [-0.05, 0) is 38.7 Å². The molecule has 1 aliphatic carbocycles. The topological polar surface area (TPSA) is 32.3 Å². The summed E-state index contributed by atoms with van der Waals surface area (Å²) in [6.45, 7) is 2.75. The summed E-state index contributed by atoms with van der Waals surface area (Å²) in [5.74, 6) is 0. The van der Waals surface area contributed by atoms with Gasteiger partial charge in [0.05, 0.1) is 12.1 Å². The summed E-state index contributed by atoms with van der Waals surface area (Å²) in [5.41, 5.74) is -1.18. The molecule has 2 N–H and O–H groups in total. The van der Waals surface area contributed by atoms with Gasteiger partial charge in [-0.3, -0.25) is 0 Å². The van der Waals surface area contributed by atoms with Crippen LogP contribution in [0.4, 0.5) is 13.2 Å². The van der Waals surface area contributed by atoms with Crippen molar-refractivity contribution in [1.82, 2.24) is 5.32 Å². The molecule has 1 rings (SSSR count). The van der Waals surface area contributed by atoms with Gasteiger partial charge in [-0.2, -0.15) is 13.2 Å². The molecule has 0 atom stereocenters. The van der Waals surface area contributed by atoms with E-state index in [4.69, 9.17) is 5.11 Å². The van der Waals surface area contributed by atoms with E-state index >= 15 is 0 Å². The predicted octanol–water partition coefficient (Wildman–Crippen LogP) is 2.35. The SMILES string of the molecule is CC(C)(CO)NC(=C1CCC1)C(F)(F)F. The molecule has 0 heterocycles. The first-order valence-electron chi connectivity index (χ1n) is 4.94. The minimum atomic E-state index is -4.35. The van der Waals surface area contributed by atoms with Gasteiger partial charge in [0.15, 0.2) is 0 Å². The number of aliphatic hydroxyl groups is 1. The zero-order chi connectivity index (χ0) is 11.7. The zero-order valence-corrected chi connectivity index (χ0v) is 8.91. The fourth-order valence-electron chi connectivity index (χ4n) is 1.34. The first kappa shape index (κ1) is 12.4. The van der Waals surface area contributed by atoms with Crippen LogP contribution in [0.25, 0.3) is 0 Å². The lowest BCUT2D eigenvalue weighted by Gasteiger charge is -2.32. The van der Waals surface area contributed by atoms with Crippen LogP contribution in [0.3, 0.4) is 0 Å². The van der Waals surface area contributed by atoms with Crippen molar-refractivity contribution in [2.75, 3.05) is 6.61 Å². The number of aliphatic hydroxyl groups excluding tert-OH is 1. The van der Waals surface area contributed by atoms with Crippen LogP contribution in [-0.2, 0) is 0 Å². The molecule has 0 amide bonds. The molecule has 5 heteroatoms. The van der Waals surface area contributed by atoms with Crippen LogP contribution in [-0.4, -0.2) is 23.4 Å². The van der Waals surface area contributed by atoms with Crippen LogP contribution in [0.5, 0.6) is 0 Å². The minimum absolute atomic E-state index is 0.333. The quantitative estimate of drug-likeness (QED) is 0.769. The van der Waals surface area contributed by atoms with Crippen molar-refractivity contribution in [2.24, 2.45) is 0 Å². The number of alkyl halides is 3. The molecule has 0 unspecified atom stereocenters. The number of hydrogen-bond donors (Lipinski definition) is 2. The summed E-state index contributed by atoms with van der Waals surface area (Å²) in [6.07, 6.45) is -2.52. The number of allylic oxidation sites excluding steroid dienone is 2. The molecule has 15 heavy (non-hydrogen) atoms. The summed E-state index contributed by atoms with van der Waals surface area (Å²) in [5, 5.41) is 11.3. The van der Waals surface area contributed by atoms with Crippen LogP contribution in [0, 0.1) is 0 Å². The molecular formula is C10H16F3NO. The molecule has 88 valence electrons. The van der Waals surface area contributed by atoms with Gasteiger partial charge in [-0.25, -0.2) is 0 Å². The Morgan fingerprint density at radius 3 is 2.13 bits per heavy atom. The second-order valence-corrected chi connectivity index (χ2v) is 4.50. The Kier molecular flexibility index (Phi) is 3.33. The first-order chi connectivity index (χ1) is 6.76. The van der Waals surface area contributed by atoms with Crippen molar-refractivity contribution < 1.29 is 18.3 Å². The molecule has 0 aromatic rings. The molecule has 0 aromatic heterocycles. The molecule has 1 fully saturated rings. The molecule has 0 aliphatic heterocycles. The van der Waals surface area contributed by atoms with Gasteiger partial charge in [0.1, 0.15) is 5.70 Å². The molecule has 0 bridgehead atoms. The molecule has 0 aromatic carbocycles. The van der Waals surface area contributed by atoms with Gasteiger partial charge in [-0.1, -0.05) is 0 Å². The van der Waals surface area contributed by atoms with Gasteiger partial charge in [0, 0.05) is 0 Å². The van der Waals surface area contributed by atoms with Gasteiger partial charge in [-0.15, -0.1) is 0 Å². The highest BCUT2D eigenvalue weighted by atomic mass is 19.4. The summed E-state index contributed by atoms with van der Waals surface area (Å²) >= 11 is 0. The fraction of sp³-hybridized carbons (Fsp3) is 0.800. The van der Waals surface area contributed by atoms with E-state index in [0.717, 1.165) is 6.42 Å². The van der Waals surface area contributed by atoms with Gasteiger partial charge < -0.3 is 10.4 Å². The highest BCUT2D eigenvalue weighted by molar-refractivity contribution is 5.23. The van der Waals surface area contributed by atoms with Gasteiger partial charge >= 0.3 is 6.18 Å². The van der Waals surface area contributed by atoms with E-state index < -0.39 is 17.4 Å². The Bertz CT molecular complexity index is 262. The average molecular weight is 223 g/mol. The lowest BCUT2D eigenvalue weighted by Crippen LogP contribution is -2.46. The third-order valence-corrected chi connectivity index (χ3v) is 2.45. The van der Waals surface area contributed by atoms with E-state index in [1.54, 1.807) is 0 Å². The smallest absolute Gasteiger partial charge is 0.394 e. The van der Waals surface area contributed by atoms with Crippen LogP contribution < -0.4 is 5.32 Å². The highest BCUT2D eigenvalue weighted by Crippen LogP contribution is 2.36. The maximum Gasteiger partial charge on any atom is 0.430 e. The average Bonchev–Trinajstić information content (AvgIpc) is 1.98. The summed E-state index contributed by atoms with van der Waals surface area (Å²) in [6, 6.07) is 0. The van der Waals surface area contributed by atoms with Gasteiger partial charge in [0.2, 0.25) is 0 Å². The molecule has 2 nitrogen and oxygen atoms in total. The first-order valence-corrected chi connectivity index (χ1v) is 4.94. The summed E-state index contributed by atoms with van der Waals surface area (Å²) < 4.78 is 38.0. The minimum Gasteiger partial charge on any atom is -0.394 e. The number of nitrogens with one attached hydrogen (secondary N) is 1. The number of rotatable bonds is 3. The molecule has 0 saturated heterocycles. The second kappa shape index (κ2) is 4.04. The van der Waals surface area contributed by atoms with Crippen molar-refractivity contribution in [3.05, 3.63) is 11.3 Å². The van der Waals surface area contributed by atoms with Crippen LogP contribution >= 0.6 is 0 Å². The maximum absolute atomic E-state index is 12.7. The number of hydrogen-bond acceptors (Lipinski definition) is 2. The fourth-order valence-corrected chi connectivity index (χ4v) is 1.34. The Morgan fingerprint density at radius 1 is 1.33 bits per heavy atom. The Balaban J connectivity index is 2.85. The molecular weight excluding hydrogens is 207 g/mol. The Labute approximate surface area is 87.2 Å². The van der Waals surface area contributed by atoms with E-state index in [1.807, 2.05) is 0 Å². The molecule has 0 radical (unpaired) electrons. The maximum atomic E-state index is 12.7. The van der Waals surface area contributed by atoms with E-state index in [9.17, 15) is 13.2 Å². The molecule has 0 spiro atoms. The van der Waals surface area contributed by atoms with Crippen molar-refractivity contribution in [3.63, 3.8) is 0 Å². The highest BCUT2D eigenvalue weighted by Gasteiger charge is 2.40. The summed E-state index contributed by atoms with van der Waals surface area (Å²) in [7, 11) is 0. The van der Waals surface area contributed by atoms with Crippen molar-refractivity contribution in [3.8, 4) is 0 Å². The van der Waals surface area contributed by atoms with Crippen molar-refractivity contribution >= 4 is 0 Å². The lowest BCUT2D eigenvalue weighted by atomic mass is 9.89. The largest absolute Gasteiger partial charge is 0.430 e. The van der Waals surface area contributed by atoms with Crippen LogP contribution in [0.1, 0.15) is 33.1 Å². The number of halogens is 3. The second-order valence-electron chi connectivity index (χ2n) is 4.50. The Morgan fingerprint density at radius 2 is 1.87 bits per heavy atom. The van der Waals surface area contributed by atoms with E-state index in [2.05, 4.69) is 5.32 Å². The molecule has 1 saturated carbocycles. The normalized spacial score (nSPS) is 17.3. The standard InChI is InChI=1S/C10H16F3NO/c1-9(2,6-15)14-8(10(11,12)13)7-4-3-5-7/h14-15H,3-6H2,1-2H3. The zero-order valence-electron chi connectivity index (χ0n) is 8.91. The van der Waals surface area contributed by atoms with E-state index in [1.165, 1.54) is 13.8 Å². The third-order valence-electron chi connectivity index (χ3n) is 2.45. The molecule has 1 aliphatic rings. The van der Waals surface area contributed by atoms with Gasteiger partial charge in [0.25, 0.3) is 0 Å².